The third-order valence-electron chi connectivity index (χ3n) is 3.87. The molecular formula is C20H17N3O5S. The molecular weight excluding hydrogens is 394 g/mol. The van der Waals surface area contributed by atoms with E-state index >= 15 is 0 Å². The average molecular weight is 411 g/mol. The fraction of sp³-hybridized carbons (Fsp3) is 0.100. The molecule has 2 aromatic carbocycles. The minimum Gasteiger partial charge on any atom is -0.454 e. The van der Waals surface area contributed by atoms with Gasteiger partial charge in [0.25, 0.3) is 10.0 Å². The monoisotopic (exact) mass is 411 g/mol. The molecule has 0 bridgehead atoms. The van der Waals surface area contributed by atoms with Gasteiger partial charge in [0.05, 0.1) is 10.5 Å². The highest BCUT2D eigenvalue weighted by Gasteiger charge is 2.17. The number of ketones is 1. The van der Waals surface area contributed by atoms with E-state index in [0.717, 1.165) is 18.0 Å². The van der Waals surface area contributed by atoms with Crippen LogP contribution in [-0.2, 0) is 14.8 Å². The highest BCUT2D eigenvalue weighted by atomic mass is 32.2. The first-order chi connectivity index (χ1) is 13.8. The number of carbonyl (C=O) groups excluding carboxylic acids is 2. The lowest BCUT2D eigenvalue weighted by atomic mass is 10.1. The molecule has 0 atom stereocenters. The molecule has 0 aliphatic rings. The van der Waals surface area contributed by atoms with Crippen molar-refractivity contribution in [1.82, 2.24) is 9.97 Å². The van der Waals surface area contributed by atoms with E-state index < -0.39 is 22.6 Å². The van der Waals surface area contributed by atoms with Gasteiger partial charge in [-0.15, -0.1) is 0 Å². The summed E-state index contributed by atoms with van der Waals surface area (Å²) in [5.74, 6) is -1.33. The summed E-state index contributed by atoms with van der Waals surface area (Å²) < 4.78 is 31.8. The molecule has 0 aliphatic carbocycles. The summed E-state index contributed by atoms with van der Waals surface area (Å²) >= 11 is 0. The SMILES string of the molecule is Cc1ccc(S(=O)(=O)Nc2ncc(C(=O)OCC(=O)c3ccccc3)cn2)cc1. The number of Topliss-reactive ketones (excluding diaryl/α,β-unsaturated/α-hetero) is 1. The van der Waals surface area contributed by atoms with E-state index in [2.05, 4.69) is 14.7 Å². The van der Waals surface area contributed by atoms with Gasteiger partial charge in [0.15, 0.2) is 12.4 Å². The Morgan fingerprint density at radius 3 is 2.17 bits per heavy atom. The highest BCUT2D eigenvalue weighted by Crippen LogP contribution is 2.14. The lowest BCUT2D eigenvalue weighted by Gasteiger charge is -2.07. The topological polar surface area (TPSA) is 115 Å². The summed E-state index contributed by atoms with van der Waals surface area (Å²) in [7, 11) is -3.85. The molecule has 0 spiro atoms. The molecule has 0 fully saturated rings. The Kier molecular flexibility index (Phi) is 5.99. The van der Waals surface area contributed by atoms with Crippen molar-refractivity contribution < 1.29 is 22.7 Å². The second-order valence-corrected chi connectivity index (χ2v) is 7.76. The van der Waals surface area contributed by atoms with Crippen molar-refractivity contribution in [3.63, 3.8) is 0 Å². The number of benzene rings is 2. The second kappa shape index (κ2) is 8.61. The molecule has 0 saturated heterocycles. The van der Waals surface area contributed by atoms with Gasteiger partial charge in [-0.25, -0.2) is 27.9 Å². The third-order valence-corrected chi connectivity index (χ3v) is 5.22. The van der Waals surface area contributed by atoms with E-state index in [1.807, 2.05) is 6.92 Å². The van der Waals surface area contributed by atoms with Gasteiger partial charge in [0.2, 0.25) is 5.95 Å². The first-order valence-corrected chi connectivity index (χ1v) is 10.0. The largest absolute Gasteiger partial charge is 0.454 e. The summed E-state index contributed by atoms with van der Waals surface area (Å²) in [6, 6.07) is 14.7. The van der Waals surface area contributed by atoms with Crippen LogP contribution in [0.2, 0.25) is 0 Å². The Morgan fingerprint density at radius 1 is 0.931 bits per heavy atom. The smallest absolute Gasteiger partial charge is 0.341 e. The van der Waals surface area contributed by atoms with Crippen LogP contribution in [0.1, 0.15) is 26.3 Å². The van der Waals surface area contributed by atoms with Crippen LogP contribution < -0.4 is 4.72 Å². The van der Waals surface area contributed by atoms with Gasteiger partial charge in [-0.05, 0) is 19.1 Å². The number of nitrogens with zero attached hydrogens (tertiary/aromatic N) is 2. The minimum absolute atomic E-state index is 0.0101. The predicted octanol–water partition coefficient (Wildman–Crippen LogP) is 2.63. The fourth-order valence-electron chi connectivity index (χ4n) is 2.30. The Bertz CT molecular complexity index is 1110. The first-order valence-electron chi connectivity index (χ1n) is 8.52. The second-order valence-electron chi connectivity index (χ2n) is 6.08. The molecule has 1 aromatic heterocycles. The summed E-state index contributed by atoms with van der Waals surface area (Å²) in [6.07, 6.45) is 2.24. The zero-order valence-electron chi connectivity index (χ0n) is 15.4. The lowest BCUT2D eigenvalue weighted by Crippen LogP contribution is -2.17. The number of nitrogens with one attached hydrogen (secondary N) is 1. The molecule has 148 valence electrons. The number of rotatable bonds is 7. The van der Waals surface area contributed by atoms with Gasteiger partial charge in [-0.1, -0.05) is 48.0 Å². The summed E-state index contributed by atoms with van der Waals surface area (Å²) in [6.45, 7) is 1.42. The lowest BCUT2D eigenvalue weighted by molar-refractivity contribution is 0.0474. The molecule has 0 aliphatic heterocycles. The normalized spacial score (nSPS) is 10.9. The molecule has 9 heteroatoms. The maximum atomic E-state index is 12.3. The Morgan fingerprint density at radius 2 is 1.55 bits per heavy atom. The predicted molar refractivity (Wildman–Crippen MR) is 105 cm³/mol. The molecule has 8 nitrogen and oxygen atoms in total. The number of aryl methyl sites for hydroxylation is 1. The summed E-state index contributed by atoms with van der Waals surface area (Å²) in [4.78, 5) is 31.7. The number of ether oxygens (including phenoxy) is 1. The number of hydrogen-bond donors (Lipinski definition) is 1. The number of aromatic nitrogens is 2. The standard InChI is InChI=1S/C20H17N3O5S/c1-14-7-9-17(10-8-14)29(26,27)23-20-21-11-16(12-22-20)19(25)28-13-18(24)15-5-3-2-4-6-15/h2-12H,13H2,1H3,(H,21,22,23). The van der Waals surface area contributed by atoms with Crippen molar-refractivity contribution in [3.8, 4) is 0 Å². The number of esters is 1. The van der Waals surface area contributed by atoms with Crippen molar-refractivity contribution in [2.75, 3.05) is 11.3 Å². The minimum atomic E-state index is -3.85. The summed E-state index contributed by atoms with van der Waals surface area (Å²) in [5.41, 5.74) is 1.34. The molecule has 0 unspecified atom stereocenters. The fourth-order valence-corrected chi connectivity index (χ4v) is 3.26. The molecule has 0 radical (unpaired) electrons. The molecule has 1 heterocycles. The van der Waals surface area contributed by atoms with Crippen LogP contribution in [0, 0.1) is 6.92 Å². The van der Waals surface area contributed by atoms with Crippen molar-refractivity contribution >= 4 is 27.7 Å². The van der Waals surface area contributed by atoms with Crippen LogP contribution in [0.4, 0.5) is 5.95 Å². The quantitative estimate of drug-likeness (QED) is 0.469. The first kappa shape index (κ1) is 20.2. The maximum absolute atomic E-state index is 12.3. The van der Waals surface area contributed by atoms with E-state index in [0.29, 0.717) is 5.56 Å². The van der Waals surface area contributed by atoms with Crippen molar-refractivity contribution in [1.29, 1.82) is 0 Å². The maximum Gasteiger partial charge on any atom is 0.341 e. The number of anilines is 1. The average Bonchev–Trinajstić information content (AvgIpc) is 2.73. The van der Waals surface area contributed by atoms with Gasteiger partial charge in [-0.3, -0.25) is 4.79 Å². The Hall–Kier alpha value is -3.59. The van der Waals surface area contributed by atoms with Gasteiger partial charge in [-0.2, -0.15) is 0 Å². The molecule has 0 amide bonds. The van der Waals surface area contributed by atoms with E-state index in [1.54, 1.807) is 42.5 Å². The van der Waals surface area contributed by atoms with Crippen LogP contribution in [-0.4, -0.2) is 36.7 Å². The molecule has 3 aromatic rings. The van der Waals surface area contributed by atoms with Crippen molar-refractivity contribution in [2.24, 2.45) is 0 Å². The Balaban J connectivity index is 1.61. The van der Waals surface area contributed by atoms with Gasteiger partial charge in [0.1, 0.15) is 0 Å². The van der Waals surface area contributed by atoms with E-state index in [4.69, 9.17) is 4.74 Å². The van der Waals surface area contributed by atoms with Gasteiger partial charge in [0, 0.05) is 18.0 Å². The zero-order chi connectivity index (χ0) is 20.9. The molecule has 1 N–H and O–H groups in total. The highest BCUT2D eigenvalue weighted by molar-refractivity contribution is 7.92. The van der Waals surface area contributed by atoms with Gasteiger partial charge >= 0.3 is 5.97 Å². The van der Waals surface area contributed by atoms with E-state index in [1.165, 1.54) is 12.1 Å². The van der Waals surface area contributed by atoms with Crippen LogP contribution in [0.5, 0.6) is 0 Å². The zero-order valence-corrected chi connectivity index (χ0v) is 16.2. The third kappa shape index (κ3) is 5.23. The van der Waals surface area contributed by atoms with Crippen molar-refractivity contribution in [3.05, 3.63) is 83.7 Å². The number of hydrogen-bond acceptors (Lipinski definition) is 7. The molecule has 3 rings (SSSR count). The van der Waals surface area contributed by atoms with E-state index in [-0.39, 0.29) is 22.2 Å². The van der Waals surface area contributed by atoms with Crippen LogP contribution >= 0.6 is 0 Å². The number of carbonyl (C=O) groups is 2. The Labute approximate surface area is 167 Å². The summed E-state index contributed by atoms with van der Waals surface area (Å²) in [5, 5.41) is 0. The van der Waals surface area contributed by atoms with E-state index in [9.17, 15) is 18.0 Å². The van der Waals surface area contributed by atoms with Gasteiger partial charge < -0.3 is 4.74 Å². The van der Waals surface area contributed by atoms with Crippen LogP contribution in [0.15, 0.2) is 71.9 Å². The van der Waals surface area contributed by atoms with Crippen LogP contribution in [0.25, 0.3) is 0 Å². The number of sulfonamides is 1. The van der Waals surface area contributed by atoms with Crippen LogP contribution in [0.3, 0.4) is 0 Å². The van der Waals surface area contributed by atoms with Crippen molar-refractivity contribution in [2.45, 2.75) is 11.8 Å². The molecule has 0 saturated carbocycles. The molecule has 29 heavy (non-hydrogen) atoms.